The lowest BCUT2D eigenvalue weighted by Crippen LogP contribution is -2.27. The van der Waals surface area contributed by atoms with Crippen LogP contribution >= 0.6 is 15.9 Å². The van der Waals surface area contributed by atoms with Crippen molar-refractivity contribution >= 4 is 38.6 Å². The van der Waals surface area contributed by atoms with Crippen molar-refractivity contribution in [3.05, 3.63) is 47.1 Å². The number of carbonyl (C=O) groups excluding carboxylic acids is 1. The van der Waals surface area contributed by atoms with Crippen LogP contribution in [0.2, 0.25) is 0 Å². The van der Waals surface area contributed by atoms with Gasteiger partial charge < -0.3 is 14.2 Å². The molecule has 0 aliphatic rings. The molecule has 0 atom stereocenters. The molecule has 0 aliphatic heterocycles. The van der Waals surface area contributed by atoms with Crippen LogP contribution in [-0.4, -0.2) is 30.9 Å². The Labute approximate surface area is 178 Å². The number of para-hydroxylation sites is 1. The third-order valence-electron chi connectivity index (χ3n) is 4.16. The quantitative estimate of drug-likeness (QED) is 0.516. The molecule has 2 aromatic carbocycles. The van der Waals surface area contributed by atoms with Gasteiger partial charge in [-0.05, 0) is 54.4 Å². The molecular weight excluding hydrogens is 436 g/mol. The lowest BCUT2D eigenvalue weighted by molar-refractivity contribution is 0.0636. The van der Waals surface area contributed by atoms with Gasteiger partial charge in [-0.15, -0.1) is 0 Å². The molecule has 29 heavy (non-hydrogen) atoms. The van der Waals surface area contributed by atoms with Crippen molar-refractivity contribution < 1.29 is 19.0 Å². The molecule has 3 aromatic rings. The summed E-state index contributed by atoms with van der Waals surface area (Å²) in [6.45, 7) is 5.47. The first kappa shape index (κ1) is 20.9. The summed E-state index contributed by atoms with van der Waals surface area (Å²) in [6, 6.07) is 11.2. The molecule has 0 saturated heterocycles. The van der Waals surface area contributed by atoms with Crippen LogP contribution in [0.4, 0.5) is 10.5 Å². The lowest BCUT2D eigenvalue weighted by Gasteiger charge is -2.21. The minimum atomic E-state index is -0.593. The predicted molar refractivity (Wildman–Crippen MR) is 118 cm³/mol. The highest BCUT2D eigenvalue weighted by Crippen LogP contribution is 2.44. The van der Waals surface area contributed by atoms with Crippen molar-refractivity contribution in [2.24, 2.45) is 0 Å². The van der Waals surface area contributed by atoms with E-state index in [2.05, 4.69) is 26.2 Å². The Hall–Kier alpha value is -2.80. The number of anilines is 1. The van der Waals surface area contributed by atoms with E-state index in [0.29, 0.717) is 22.7 Å². The Kier molecular flexibility index (Phi) is 5.98. The number of aromatic nitrogens is 1. The standard InChI is InChI=1S/C22H23BrN2O4/c1-22(2,3)29-21(26)25-16-9-7-6-8-13(16)14-10-11-24-19-17(27-4)12-15(23)20(28-5)18(14)19/h6-12H,1-5H3,(H,25,26). The van der Waals surface area contributed by atoms with Crippen molar-refractivity contribution in [2.75, 3.05) is 19.5 Å². The largest absolute Gasteiger partial charge is 0.495 e. The van der Waals surface area contributed by atoms with E-state index in [9.17, 15) is 4.79 Å². The van der Waals surface area contributed by atoms with Crippen LogP contribution in [0, 0.1) is 0 Å². The van der Waals surface area contributed by atoms with E-state index < -0.39 is 11.7 Å². The summed E-state index contributed by atoms with van der Waals surface area (Å²) in [5, 5.41) is 3.62. The maximum atomic E-state index is 12.4. The predicted octanol–water partition coefficient (Wildman–Crippen LogP) is 6.03. The zero-order chi connectivity index (χ0) is 21.2. The van der Waals surface area contributed by atoms with E-state index >= 15 is 0 Å². The number of hydrogen-bond donors (Lipinski definition) is 1. The SMILES string of the molecule is COc1cc(Br)c(OC)c2c(-c3ccccc3NC(=O)OC(C)(C)C)ccnc12. The molecule has 0 bridgehead atoms. The smallest absolute Gasteiger partial charge is 0.412 e. The van der Waals surface area contributed by atoms with Gasteiger partial charge in [0, 0.05) is 17.8 Å². The molecule has 152 valence electrons. The van der Waals surface area contributed by atoms with E-state index in [-0.39, 0.29) is 0 Å². The number of rotatable bonds is 4. The van der Waals surface area contributed by atoms with Crippen LogP contribution in [0.5, 0.6) is 11.5 Å². The van der Waals surface area contributed by atoms with Crippen molar-refractivity contribution in [2.45, 2.75) is 26.4 Å². The van der Waals surface area contributed by atoms with Gasteiger partial charge in [-0.3, -0.25) is 10.3 Å². The average molecular weight is 459 g/mol. The molecule has 0 radical (unpaired) electrons. The Morgan fingerprint density at radius 3 is 2.45 bits per heavy atom. The summed E-state index contributed by atoms with van der Waals surface area (Å²) in [6.07, 6.45) is 1.19. The van der Waals surface area contributed by atoms with Crippen LogP contribution in [0.15, 0.2) is 47.1 Å². The fraction of sp³-hybridized carbons (Fsp3) is 0.273. The van der Waals surface area contributed by atoms with Crippen LogP contribution < -0.4 is 14.8 Å². The molecule has 6 nitrogen and oxygen atoms in total. The number of ether oxygens (including phenoxy) is 3. The Bertz CT molecular complexity index is 1060. The highest BCUT2D eigenvalue weighted by molar-refractivity contribution is 9.10. The number of carbonyl (C=O) groups is 1. The van der Waals surface area contributed by atoms with Gasteiger partial charge in [0.2, 0.25) is 0 Å². The average Bonchev–Trinajstić information content (AvgIpc) is 2.66. The molecule has 0 unspecified atom stereocenters. The molecule has 1 N–H and O–H groups in total. The molecule has 0 aliphatic carbocycles. The monoisotopic (exact) mass is 458 g/mol. The molecule has 7 heteroatoms. The van der Waals surface area contributed by atoms with Crippen LogP contribution in [0.25, 0.3) is 22.0 Å². The fourth-order valence-corrected chi connectivity index (χ4v) is 3.64. The Morgan fingerprint density at radius 2 is 1.79 bits per heavy atom. The van der Waals surface area contributed by atoms with Gasteiger partial charge in [-0.2, -0.15) is 0 Å². The summed E-state index contributed by atoms with van der Waals surface area (Å²) >= 11 is 3.55. The number of benzene rings is 2. The fourth-order valence-electron chi connectivity index (χ4n) is 3.07. The molecule has 3 rings (SSSR count). The minimum absolute atomic E-state index is 0.519. The molecule has 0 spiro atoms. The van der Waals surface area contributed by atoms with Gasteiger partial charge in [0.15, 0.2) is 0 Å². The van der Waals surface area contributed by atoms with E-state index in [1.165, 1.54) is 0 Å². The molecule has 1 heterocycles. The summed E-state index contributed by atoms with van der Waals surface area (Å²) < 4.78 is 17.3. The third-order valence-corrected chi connectivity index (χ3v) is 4.75. The minimum Gasteiger partial charge on any atom is -0.495 e. The first-order valence-electron chi connectivity index (χ1n) is 9.03. The topological polar surface area (TPSA) is 69.7 Å². The van der Waals surface area contributed by atoms with Crippen molar-refractivity contribution in [3.63, 3.8) is 0 Å². The van der Waals surface area contributed by atoms with Gasteiger partial charge in [0.1, 0.15) is 22.6 Å². The van der Waals surface area contributed by atoms with Gasteiger partial charge in [-0.25, -0.2) is 4.79 Å². The van der Waals surface area contributed by atoms with E-state index in [1.807, 2.05) is 57.2 Å². The summed E-state index contributed by atoms with van der Waals surface area (Å²) in [5.41, 5.74) is 2.35. The van der Waals surface area contributed by atoms with Gasteiger partial charge >= 0.3 is 6.09 Å². The number of pyridine rings is 1. The van der Waals surface area contributed by atoms with Crippen LogP contribution in [0.3, 0.4) is 0 Å². The number of methoxy groups -OCH3 is 2. The van der Waals surface area contributed by atoms with E-state index in [0.717, 1.165) is 21.0 Å². The van der Waals surface area contributed by atoms with Crippen molar-refractivity contribution in [3.8, 4) is 22.6 Å². The highest BCUT2D eigenvalue weighted by atomic mass is 79.9. The van der Waals surface area contributed by atoms with E-state index in [1.54, 1.807) is 20.4 Å². The zero-order valence-corrected chi connectivity index (χ0v) is 18.6. The normalized spacial score (nSPS) is 11.2. The second-order valence-corrected chi connectivity index (χ2v) is 8.20. The van der Waals surface area contributed by atoms with Crippen molar-refractivity contribution in [1.82, 2.24) is 4.98 Å². The first-order chi connectivity index (χ1) is 13.7. The maximum absolute atomic E-state index is 12.4. The second-order valence-electron chi connectivity index (χ2n) is 7.35. The third kappa shape index (κ3) is 4.45. The molecule has 1 amide bonds. The molecular formula is C22H23BrN2O4. The van der Waals surface area contributed by atoms with Crippen LogP contribution in [-0.2, 0) is 4.74 Å². The van der Waals surface area contributed by atoms with E-state index in [4.69, 9.17) is 14.2 Å². The second kappa shape index (κ2) is 8.29. The zero-order valence-electron chi connectivity index (χ0n) is 17.0. The molecule has 0 fully saturated rings. The number of halogens is 1. The number of hydrogen-bond acceptors (Lipinski definition) is 5. The van der Waals surface area contributed by atoms with Crippen molar-refractivity contribution in [1.29, 1.82) is 0 Å². The van der Waals surface area contributed by atoms with Gasteiger partial charge in [0.25, 0.3) is 0 Å². The van der Waals surface area contributed by atoms with Gasteiger partial charge in [0.05, 0.1) is 29.8 Å². The van der Waals surface area contributed by atoms with Crippen LogP contribution in [0.1, 0.15) is 20.8 Å². The number of nitrogens with one attached hydrogen (secondary N) is 1. The Balaban J connectivity index is 2.20. The summed E-state index contributed by atoms with van der Waals surface area (Å²) in [4.78, 5) is 16.8. The summed E-state index contributed by atoms with van der Waals surface area (Å²) in [7, 11) is 3.20. The highest BCUT2D eigenvalue weighted by Gasteiger charge is 2.21. The molecule has 0 saturated carbocycles. The first-order valence-corrected chi connectivity index (χ1v) is 9.83. The summed E-state index contributed by atoms with van der Waals surface area (Å²) in [5.74, 6) is 1.25. The Morgan fingerprint density at radius 1 is 1.07 bits per heavy atom. The number of fused-ring (bicyclic) bond motifs is 1. The lowest BCUT2D eigenvalue weighted by atomic mass is 9.98. The molecule has 1 aromatic heterocycles. The number of nitrogens with zero attached hydrogens (tertiary/aromatic N) is 1. The van der Waals surface area contributed by atoms with Gasteiger partial charge in [-0.1, -0.05) is 18.2 Å². The number of amides is 1. The maximum Gasteiger partial charge on any atom is 0.412 e.